The molecule has 1 aromatic carbocycles. The number of fused-ring (bicyclic) bond motifs is 6. The molecule has 0 aliphatic carbocycles. The first kappa shape index (κ1) is 36.1. The van der Waals surface area contributed by atoms with Crippen molar-refractivity contribution in [2.24, 2.45) is 5.41 Å². The number of benzene rings is 1. The maximum atomic E-state index is 13.8. The van der Waals surface area contributed by atoms with Gasteiger partial charge in [-0.05, 0) is 62.9 Å². The van der Waals surface area contributed by atoms with Gasteiger partial charge in [0.05, 0.1) is 34.8 Å². The fraction of sp³-hybridized carbons (Fsp3) is 0.486. The van der Waals surface area contributed by atoms with E-state index >= 15 is 0 Å². The molecule has 1 saturated heterocycles. The standard InChI is InChI=1S/C35H45N7O6S2/c1-7-41-29-13-12-22-16-24(29)25(32(41)23-10-8-14-37-31(23)21(2)47-6)18-35(3,4)20-48-34(44)26-11-9-15-42(39-26)33(43)27(40-50(45,46)36-5)17-30-38-28(22)19-49-30/h8,10,12-14,16,19,21,26-27,36,39-40H,7,9,11,15,17-18,20H2,1-6H3/t21-,26-,27-/m0/s1. The number of nitrogens with zero attached hydrogens (tertiary/aromatic N) is 4. The molecule has 4 aromatic rings. The number of carbonyl (C=O) groups is 2. The smallest absolute Gasteiger partial charge is 0.324 e. The van der Waals surface area contributed by atoms with E-state index in [1.165, 1.54) is 23.4 Å². The zero-order valence-corrected chi connectivity index (χ0v) is 30.9. The van der Waals surface area contributed by atoms with Gasteiger partial charge in [-0.15, -0.1) is 11.3 Å². The minimum absolute atomic E-state index is 0.0250. The lowest BCUT2D eigenvalue weighted by atomic mass is 9.84. The third kappa shape index (κ3) is 7.34. The minimum Gasteiger partial charge on any atom is -0.464 e. The zero-order chi connectivity index (χ0) is 35.8. The van der Waals surface area contributed by atoms with Crippen molar-refractivity contribution in [1.82, 2.24) is 34.4 Å². The number of aryl methyl sites for hydroxylation is 1. The van der Waals surface area contributed by atoms with Gasteiger partial charge in [0.2, 0.25) is 0 Å². The molecule has 2 aliphatic heterocycles. The summed E-state index contributed by atoms with van der Waals surface area (Å²) >= 11 is 1.36. The summed E-state index contributed by atoms with van der Waals surface area (Å²) in [5.41, 5.74) is 9.17. The van der Waals surface area contributed by atoms with Crippen molar-refractivity contribution in [3.8, 4) is 22.5 Å². The van der Waals surface area contributed by atoms with Crippen LogP contribution in [0.3, 0.4) is 0 Å². The molecule has 268 valence electrons. The Kier molecular flexibility index (Phi) is 10.4. The van der Waals surface area contributed by atoms with Gasteiger partial charge >= 0.3 is 5.97 Å². The van der Waals surface area contributed by atoms with Crippen LogP contribution in [0.15, 0.2) is 41.9 Å². The number of rotatable bonds is 7. The molecule has 3 atom stereocenters. The Hall–Kier alpha value is -3.73. The lowest BCUT2D eigenvalue weighted by Crippen LogP contribution is -2.61. The van der Waals surface area contributed by atoms with Gasteiger partial charge in [-0.2, -0.15) is 13.1 Å². The van der Waals surface area contributed by atoms with Crippen LogP contribution in [0.1, 0.15) is 62.9 Å². The molecule has 1 amide bonds. The summed E-state index contributed by atoms with van der Waals surface area (Å²) in [6.07, 6.45) is 3.18. The van der Waals surface area contributed by atoms with Crippen LogP contribution in [0, 0.1) is 5.41 Å². The number of cyclic esters (lactones) is 1. The minimum atomic E-state index is -3.98. The van der Waals surface area contributed by atoms with E-state index in [1.807, 2.05) is 24.4 Å². The lowest BCUT2D eigenvalue weighted by molar-refractivity contribution is -0.155. The van der Waals surface area contributed by atoms with Crippen molar-refractivity contribution in [3.63, 3.8) is 0 Å². The SMILES string of the molecule is CCn1c(-c2cccnc2[C@H](C)OC)c2c3cc(ccc31)-c1csc(n1)C[C@H](NS(=O)(=O)NC)C(=O)N1CCC[C@H](N1)C(=O)OCC(C)(C)C2. The Balaban J connectivity index is 1.52. The normalized spacial score (nSPS) is 20.8. The maximum absolute atomic E-state index is 13.8. The highest BCUT2D eigenvalue weighted by atomic mass is 32.2. The fourth-order valence-electron chi connectivity index (χ4n) is 6.79. The Bertz CT molecular complexity index is 2010. The Morgan fingerprint density at radius 3 is 2.78 bits per heavy atom. The Morgan fingerprint density at radius 1 is 1.24 bits per heavy atom. The molecule has 15 heteroatoms. The largest absolute Gasteiger partial charge is 0.464 e. The van der Waals surface area contributed by atoms with Gasteiger partial charge in [0.15, 0.2) is 0 Å². The van der Waals surface area contributed by atoms with E-state index in [9.17, 15) is 18.0 Å². The van der Waals surface area contributed by atoms with Crippen LogP contribution in [0.2, 0.25) is 0 Å². The molecule has 0 saturated carbocycles. The summed E-state index contributed by atoms with van der Waals surface area (Å²) in [7, 11) is -1.03. The molecule has 5 heterocycles. The highest BCUT2D eigenvalue weighted by Crippen LogP contribution is 2.42. The van der Waals surface area contributed by atoms with Crippen molar-refractivity contribution < 1.29 is 27.5 Å². The second kappa shape index (κ2) is 14.5. The van der Waals surface area contributed by atoms with Crippen LogP contribution >= 0.6 is 11.3 Å². The highest BCUT2D eigenvalue weighted by Gasteiger charge is 2.36. The molecule has 0 spiro atoms. The van der Waals surface area contributed by atoms with E-state index in [2.05, 4.69) is 58.4 Å². The molecular weight excluding hydrogens is 679 g/mol. The highest BCUT2D eigenvalue weighted by molar-refractivity contribution is 7.87. The van der Waals surface area contributed by atoms with Crippen LogP contribution in [0.25, 0.3) is 33.4 Å². The number of thiazole rings is 1. The van der Waals surface area contributed by atoms with E-state index in [1.54, 1.807) is 13.3 Å². The number of aromatic nitrogens is 3. The molecule has 0 radical (unpaired) electrons. The van der Waals surface area contributed by atoms with Crippen LogP contribution < -0.4 is 14.9 Å². The quantitative estimate of drug-likeness (QED) is 0.239. The first-order valence-electron chi connectivity index (χ1n) is 16.9. The number of hydrogen-bond acceptors (Lipinski definition) is 10. The number of methoxy groups -OCH3 is 1. The zero-order valence-electron chi connectivity index (χ0n) is 29.3. The van der Waals surface area contributed by atoms with Gasteiger partial charge in [-0.3, -0.25) is 19.6 Å². The average Bonchev–Trinajstić information content (AvgIpc) is 3.70. The molecule has 6 bridgehead atoms. The van der Waals surface area contributed by atoms with Gasteiger partial charge in [0.1, 0.15) is 12.1 Å². The lowest BCUT2D eigenvalue weighted by Gasteiger charge is -2.35. The summed E-state index contributed by atoms with van der Waals surface area (Å²) in [6.45, 7) is 9.44. The molecule has 6 rings (SSSR count). The number of nitrogens with one attached hydrogen (secondary N) is 3. The van der Waals surface area contributed by atoms with E-state index in [0.29, 0.717) is 37.4 Å². The second-order valence-electron chi connectivity index (χ2n) is 13.6. The number of pyridine rings is 1. The molecule has 3 aromatic heterocycles. The molecular formula is C35H45N7O6S2. The van der Waals surface area contributed by atoms with Crippen molar-refractivity contribution in [3.05, 3.63) is 58.2 Å². The van der Waals surface area contributed by atoms with Gasteiger partial charge in [-0.1, -0.05) is 19.9 Å². The summed E-state index contributed by atoms with van der Waals surface area (Å²) in [4.78, 5) is 36.9. The first-order chi connectivity index (χ1) is 23.8. The number of hydrazine groups is 1. The van der Waals surface area contributed by atoms with E-state index in [0.717, 1.165) is 44.7 Å². The van der Waals surface area contributed by atoms with Crippen LogP contribution in [0.5, 0.6) is 0 Å². The predicted octanol–water partition coefficient (Wildman–Crippen LogP) is 4.14. The third-order valence-electron chi connectivity index (χ3n) is 9.40. The third-order valence-corrected chi connectivity index (χ3v) is 11.4. The van der Waals surface area contributed by atoms with Crippen molar-refractivity contribution in [2.45, 2.75) is 78.1 Å². The number of hydrogen-bond donors (Lipinski definition) is 3. The van der Waals surface area contributed by atoms with Gasteiger partial charge < -0.3 is 14.0 Å². The van der Waals surface area contributed by atoms with Crippen LogP contribution in [-0.4, -0.2) is 79.2 Å². The Morgan fingerprint density at radius 2 is 2.04 bits per heavy atom. The van der Waals surface area contributed by atoms with E-state index in [-0.39, 0.29) is 19.1 Å². The monoisotopic (exact) mass is 723 g/mol. The van der Waals surface area contributed by atoms with Gasteiger partial charge in [0.25, 0.3) is 16.1 Å². The number of esters is 1. The number of carbonyl (C=O) groups excluding carboxylic acids is 2. The summed E-state index contributed by atoms with van der Waals surface area (Å²) in [5.74, 6) is -0.966. The fourth-order valence-corrected chi connectivity index (χ4v) is 8.32. The first-order valence-corrected chi connectivity index (χ1v) is 19.2. The predicted molar refractivity (Wildman–Crippen MR) is 192 cm³/mol. The summed E-state index contributed by atoms with van der Waals surface area (Å²) < 4.78 is 43.9. The van der Waals surface area contributed by atoms with Gasteiger partial charge in [0, 0.05) is 72.7 Å². The summed E-state index contributed by atoms with van der Waals surface area (Å²) in [6, 6.07) is 8.40. The molecule has 50 heavy (non-hydrogen) atoms. The second-order valence-corrected chi connectivity index (χ2v) is 16.2. The molecule has 2 aliphatic rings. The van der Waals surface area contributed by atoms with Gasteiger partial charge in [-0.25, -0.2) is 15.1 Å². The maximum Gasteiger partial charge on any atom is 0.324 e. The topological polar surface area (TPSA) is 157 Å². The number of amides is 1. The van der Waals surface area contributed by atoms with Crippen LogP contribution in [0.4, 0.5) is 0 Å². The van der Waals surface area contributed by atoms with E-state index < -0.39 is 39.6 Å². The molecule has 3 N–H and O–H groups in total. The van der Waals surface area contributed by atoms with Crippen molar-refractivity contribution in [2.75, 3.05) is 27.3 Å². The number of ether oxygens (including phenoxy) is 2. The molecule has 1 fully saturated rings. The Labute approximate surface area is 296 Å². The molecule has 0 unspecified atom stereocenters. The molecule has 13 nitrogen and oxygen atoms in total. The van der Waals surface area contributed by atoms with Crippen molar-refractivity contribution >= 4 is 44.3 Å². The van der Waals surface area contributed by atoms with Crippen LogP contribution in [-0.2, 0) is 48.7 Å². The summed E-state index contributed by atoms with van der Waals surface area (Å²) in [5, 5.41) is 4.90. The van der Waals surface area contributed by atoms with E-state index in [4.69, 9.17) is 19.4 Å². The average molecular weight is 724 g/mol. The van der Waals surface area contributed by atoms with Crippen molar-refractivity contribution in [1.29, 1.82) is 0 Å².